The van der Waals surface area contributed by atoms with E-state index in [9.17, 15) is 27.6 Å². The van der Waals surface area contributed by atoms with E-state index in [1.807, 2.05) is 6.07 Å². The molecule has 0 spiro atoms. The number of carbonyl (C=O) groups is 2. The van der Waals surface area contributed by atoms with Gasteiger partial charge in [-0.05, 0) is 19.3 Å². The van der Waals surface area contributed by atoms with Crippen LogP contribution in [0.2, 0.25) is 0 Å². The first-order chi connectivity index (χ1) is 19.0. The molecule has 3 aromatic rings. The van der Waals surface area contributed by atoms with Crippen LogP contribution < -0.4 is 21.5 Å². The number of hydrogen-bond donors (Lipinski definition) is 2. The highest BCUT2D eigenvalue weighted by Crippen LogP contribution is 2.32. The molecular weight excluding hydrogens is 533 g/mol. The molecule has 11 nitrogen and oxygen atoms in total. The largest absolute Gasteiger partial charge is 0.490 e. The van der Waals surface area contributed by atoms with Crippen LogP contribution in [0.25, 0.3) is 11.2 Å². The first-order valence-corrected chi connectivity index (χ1v) is 12.4. The molecule has 4 heterocycles. The minimum atomic E-state index is -5.08. The Morgan fingerprint density at radius 3 is 2.45 bits per heavy atom. The summed E-state index contributed by atoms with van der Waals surface area (Å²) in [5.74, 6) is 4.07. The van der Waals surface area contributed by atoms with Crippen molar-refractivity contribution >= 4 is 28.9 Å². The third-order valence-corrected chi connectivity index (χ3v) is 6.97. The molecule has 14 heteroatoms. The fourth-order valence-corrected chi connectivity index (χ4v) is 4.98. The normalized spacial score (nSPS) is 18.1. The lowest BCUT2D eigenvalue weighted by atomic mass is 10.1. The summed E-state index contributed by atoms with van der Waals surface area (Å²) >= 11 is 0. The smallest absolute Gasteiger partial charge is 0.475 e. The molecule has 212 valence electrons. The van der Waals surface area contributed by atoms with Gasteiger partial charge in [-0.15, -0.1) is 5.92 Å². The minimum absolute atomic E-state index is 0.281. The number of imidazole rings is 1. The number of carboxylic acid groups (broad SMARTS) is 1. The Kier molecular flexibility index (Phi) is 8.15. The van der Waals surface area contributed by atoms with Crippen LogP contribution in [0.1, 0.15) is 23.7 Å². The highest BCUT2D eigenvalue weighted by Gasteiger charge is 2.40. The van der Waals surface area contributed by atoms with E-state index in [1.165, 1.54) is 4.57 Å². The van der Waals surface area contributed by atoms with Crippen LogP contribution >= 0.6 is 0 Å². The molecule has 2 aliphatic rings. The van der Waals surface area contributed by atoms with E-state index in [0.717, 1.165) is 30.6 Å². The molecule has 0 bridgehead atoms. The molecule has 1 aromatic carbocycles. The molecular formula is C26H27F3N6O5. The number of rotatable bonds is 5. The van der Waals surface area contributed by atoms with Gasteiger partial charge in [0.15, 0.2) is 16.9 Å². The minimum Gasteiger partial charge on any atom is -0.475 e. The van der Waals surface area contributed by atoms with Crippen molar-refractivity contribution in [3.63, 3.8) is 0 Å². The van der Waals surface area contributed by atoms with E-state index in [2.05, 4.69) is 22.1 Å². The molecule has 2 aromatic heterocycles. The summed E-state index contributed by atoms with van der Waals surface area (Å²) in [4.78, 5) is 55.3. The summed E-state index contributed by atoms with van der Waals surface area (Å²) in [7, 11) is 1.59. The maximum atomic E-state index is 13.6. The van der Waals surface area contributed by atoms with E-state index in [1.54, 1.807) is 42.8 Å². The second kappa shape index (κ2) is 11.4. The van der Waals surface area contributed by atoms with Gasteiger partial charge in [0, 0.05) is 38.3 Å². The average molecular weight is 561 g/mol. The quantitative estimate of drug-likeness (QED) is 0.352. The van der Waals surface area contributed by atoms with Crippen molar-refractivity contribution in [2.24, 2.45) is 13.0 Å². The van der Waals surface area contributed by atoms with Crippen LogP contribution in [0.15, 0.2) is 39.9 Å². The molecule has 2 atom stereocenters. The lowest BCUT2D eigenvalue weighted by Crippen LogP contribution is -2.41. The second-order valence-corrected chi connectivity index (χ2v) is 9.39. The predicted octanol–water partition coefficient (Wildman–Crippen LogP) is 1.23. The Morgan fingerprint density at radius 1 is 1.15 bits per heavy atom. The third kappa shape index (κ3) is 5.50. The molecule has 5 rings (SSSR count). The zero-order valence-corrected chi connectivity index (χ0v) is 21.7. The Hall–Kier alpha value is -4.38. The Balaban J connectivity index is 0.000000470. The molecule has 0 aliphatic carbocycles. The van der Waals surface area contributed by atoms with Gasteiger partial charge in [0.1, 0.15) is 0 Å². The maximum Gasteiger partial charge on any atom is 0.490 e. The monoisotopic (exact) mass is 560 g/mol. The van der Waals surface area contributed by atoms with Crippen LogP contribution in [0.3, 0.4) is 0 Å². The van der Waals surface area contributed by atoms with Gasteiger partial charge >= 0.3 is 17.8 Å². The Labute approximate surface area is 225 Å². The first-order valence-electron chi connectivity index (χ1n) is 12.4. The van der Waals surface area contributed by atoms with Gasteiger partial charge in [-0.2, -0.15) is 18.2 Å². The number of nitrogens with one attached hydrogen (secondary N) is 1. The van der Waals surface area contributed by atoms with Crippen LogP contribution in [-0.4, -0.2) is 67.4 Å². The van der Waals surface area contributed by atoms with Gasteiger partial charge < -0.3 is 15.3 Å². The zero-order valence-electron chi connectivity index (χ0n) is 21.7. The first kappa shape index (κ1) is 28.6. The SMILES string of the molecule is CC#CCn1c(N2CCC3CNCC32)nc2c1c(=O)n(CC(=O)c1ccccc1)c(=O)n2C.O=C(O)C(F)(F)F. The van der Waals surface area contributed by atoms with E-state index in [-0.39, 0.29) is 18.9 Å². The standard InChI is InChI=1S/C24H26N6O3.C2HF3O2/c1-3-4-11-29-20-21(26-23(29)28-12-10-17-13-25-14-18(17)28)27(2)24(33)30(22(20)32)15-19(31)16-8-6-5-7-9-16;3-2(4,5)1(6)7/h5-9,17-18,25H,10-15H2,1-2H3;(H,6,7). The highest BCUT2D eigenvalue weighted by molar-refractivity contribution is 5.96. The van der Waals surface area contributed by atoms with Crippen molar-refractivity contribution < 1.29 is 27.9 Å². The third-order valence-electron chi connectivity index (χ3n) is 6.97. The van der Waals surface area contributed by atoms with E-state index >= 15 is 0 Å². The van der Waals surface area contributed by atoms with E-state index < -0.39 is 23.4 Å². The molecule has 2 aliphatic heterocycles. The fraction of sp³-hybridized carbons (Fsp3) is 0.423. The van der Waals surface area contributed by atoms with Gasteiger partial charge in [-0.25, -0.2) is 9.59 Å². The number of nitrogens with zero attached hydrogens (tertiary/aromatic N) is 5. The number of alkyl halides is 3. The van der Waals surface area contributed by atoms with Gasteiger partial charge in [0.25, 0.3) is 5.56 Å². The average Bonchev–Trinajstić information content (AvgIpc) is 3.64. The van der Waals surface area contributed by atoms with Crippen molar-refractivity contribution in [1.29, 1.82) is 0 Å². The number of Topliss-reactive ketones (excluding diaryl/α,β-unsaturated/α-hetero) is 1. The lowest BCUT2D eigenvalue weighted by Gasteiger charge is -2.24. The predicted molar refractivity (Wildman–Crippen MR) is 139 cm³/mol. The number of carboxylic acids is 1. The maximum absolute atomic E-state index is 13.6. The zero-order chi connectivity index (χ0) is 29.2. The highest BCUT2D eigenvalue weighted by atomic mass is 19.4. The van der Waals surface area contributed by atoms with Crippen molar-refractivity contribution in [3.05, 3.63) is 56.7 Å². The molecule has 40 heavy (non-hydrogen) atoms. The molecule has 0 radical (unpaired) electrons. The van der Waals surface area contributed by atoms with Crippen molar-refractivity contribution in [2.45, 2.75) is 38.7 Å². The Morgan fingerprint density at radius 2 is 1.82 bits per heavy atom. The number of benzene rings is 1. The summed E-state index contributed by atoms with van der Waals surface area (Å²) < 4.78 is 35.9. The molecule has 2 N–H and O–H groups in total. The van der Waals surface area contributed by atoms with Crippen molar-refractivity contribution in [1.82, 2.24) is 24.0 Å². The number of carbonyl (C=O) groups excluding carboxylic acids is 1. The van der Waals surface area contributed by atoms with Crippen LogP contribution in [-0.2, 0) is 24.9 Å². The topological polar surface area (TPSA) is 131 Å². The number of fused-ring (bicyclic) bond motifs is 2. The molecule has 2 fully saturated rings. The summed E-state index contributed by atoms with van der Waals surface area (Å²) in [6.07, 6.45) is -4.03. The molecule has 2 saturated heterocycles. The van der Waals surface area contributed by atoms with E-state index in [4.69, 9.17) is 14.9 Å². The number of anilines is 1. The fourth-order valence-electron chi connectivity index (χ4n) is 4.98. The number of aromatic nitrogens is 4. The van der Waals surface area contributed by atoms with Gasteiger partial charge in [-0.1, -0.05) is 36.3 Å². The van der Waals surface area contributed by atoms with Gasteiger partial charge in [0.05, 0.1) is 13.1 Å². The summed E-state index contributed by atoms with van der Waals surface area (Å²) in [6.45, 7) is 4.38. The number of aliphatic carboxylic acids is 1. The van der Waals surface area contributed by atoms with Crippen molar-refractivity contribution in [2.75, 3.05) is 24.5 Å². The molecule has 0 saturated carbocycles. The number of aryl methyl sites for hydroxylation is 1. The second-order valence-electron chi connectivity index (χ2n) is 9.39. The number of hydrogen-bond acceptors (Lipinski definition) is 7. The number of halogens is 3. The molecule has 2 unspecified atom stereocenters. The summed E-state index contributed by atoms with van der Waals surface area (Å²) in [6, 6.07) is 8.97. The lowest BCUT2D eigenvalue weighted by molar-refractivity contribution is -0.192. The van der Waals surface area contributed by atoms with Gasteiger partial charge in [0.2, 0.25) is 5.95 Å². The molecule has 0 amide bonds. The van der Waals surface area contributed by atoms with Crippen LogP contribution in [0, 0.1) is 17.8 Å². The van der Waals surface area contributed by atoms with Crippen LogP contribution in [0.4, 0.5) is 19.1 Å². The summed E-state index contributed by atoms with van der Waals surface area (Å²) in [5, 5.41) is 10.6. The van der Waals surface area contributed by atoms with Crippen molar-refractivity contribution in [3.8, 4) is 11.8 Å². The Bertz CT molecular complexity index is 1610. The van der Waals surface area contributed by atoms with Gasteiger partial charge in [-0.3, -0.25) is 23.3 Å². The summed E-state index contributed by atoms with van der Waals surface area (Å²) in [5.41, 5.74) is -0.0130. The van der Waals surface area contributed by atoms with Crippen LogP contribution in [0.5, 0.6) is 0 Å². The number of ketones is 1. The van der Waals surface area contributed by atoms with E-state index in [0.29, 0.717) is 34.6 Å².